The van der Waals surface area contributed by atoms with E-state index in [1.165, 1.54) is 109 Å². The average molecular weight is 1020 g/mol. The first-order chi connectivity index (χ1) is 33.1. The van der Waals surface area contributed by atoms with Crippen LogP contribution in [0.5, 0.6) is 0 Å². The smallest absolute Gasteiger partial charge is 0.462 e. The monoisotopic (exact) mass is 1010 g/mol. The van der Waals surface area contributed by atoms with E-state index >= 15 is 0 Å². The molecule has 0 aromatic heterocycles. The van der Waals surface area contributed by atoms with Gasteiger partial charge in [0.1, 0.15) is 67.6 Å². The predicted molar refractivity (Wildman–Crippen MR) is 259 cm³/mol. The predicted octanol–water partition coefficient (Wildman–Crippen LogP) is 6.57. The van der Waals surface area contributed by atoms with Crippen LogP contribution in [0.25, 0.3) is 0 Å². The van der Waals surface area contributed by atoms with E-state index in [2.05, 4.69) is 20.8 Å². The van der Waals surface area contributed by atoms with Crippen LogP contribution in [0.15, 0.2) is 0 Å². The molecule has 9 N–H and O–H groups in total. The molecule has 2 aliphatic rings. The third-order valence-corrected chi connectivity index (χ3v) is 14.4. The number of phosphoric acid groups is 1. The van der Waals surface area contributed by atoms with Crippen LogP contribution in [-0.2, 0) is 42.1 Å². The van der Waals surface area contributed by atoms with Gasteiger partial charge in [-0.25, -0.2) is 4.57 Å². The van der Waals surface area contributed by atoms with Crippen molar-refractivity contribution >= 4 is 19.8 Å². The Bertz CT molecular complexity index is 1360. The maximum absolute atomic E-state index is 13.4. The molecule has 1 aliphatic carbocycles. The number of aliphatic hydroxyl groups excluding tert-OH is 8. The van der Waals surface area contributed by atoms with Gasteiger partial charge < -0.3 is 64.7 Å². The third-order valence-electron chi connectivity index (χ3n) is 13.5. The molecule has 0 radical (unpaired) electrons. The number of ether oxygens (including phenoxy) is 4. The van der Waals surface area contributed by atoms with Gasteiger partial charge in [-0.2, -0.15) is 0 Å². The van der Waals surface area contributed by atoms with Crippen molar-refractivity contribution in [1.82, 2.24) is 0 Å². The van der Waals surface area contributed by atoms with Gasteiger partial charge in [0.25, 0.3) is 0 Å². The summed E-state index contributed by atoms with van der Waals surface area (Å²) in [6, 6.07) is 0. The van der Waals surface area contributed by atoms with Gasteiger partial charge in [0.2, 0.25) is 0 Å². The van der Waals surface area contributed by atoms with Crippen molar-refractivity contribution < 1.29 is 87.9 Å². The van der Waals surface area contributed by atoms with Gasteiger partial charge in [-0.1, -0.05) is 181 Å². The fourth-order valence-corrected chi connectivity index (χ4v) is 9.92. The maximum Gasteiger partial charge on any atom is 0.472 e. The molecule has 0 aromatic carbocycles. The van der Waals surface area contributed by atoms with E-state index in [1.807, 2.05) is 0 Å². The third kappa shape index (κ3) is 26.4. The van der Waals surface area contributed by atoms with E-state index in [0.717, 1.165) is 57.3 Å². The number of carbonyl (C=O) groups is 2. The van der Waals surface area contributed by atoms with E-state index in [1.54, 1.807) is 0 Å². The van der Waals surface area contributed by atoms with Crippen molar-refractivity contribution in [3.05, 3.63) is 0 Å². The van der Waals surface area contributed by atoms with Gasteiger partial charge in [-0.05, 0) is 18.8 Å². The number of carbonyl (C=O) groups excluding carboxylic acids is 2. The Balaban J connectivity index is 1.94. The molecule has 19 heteroatoms. The number of hydrogen-bond donors (Lipinski definition) is 9. The summed E-state index contributed by atoms with van der Waals surface area (Å²) in [5.74, 6) is -0.485. The second-order valence-electron chi connectivity index (χ2n) is 19.7. The molecule has 69 heavy (non-hydrogen) atoms. The molecule has 408 valence electrons. The molecule has 1 aliphatic heterocycles. The molecule has 0 amide bonds. The molecule has 2 rings (SSSR count). The quantitative estimate of drug-likeness (QED) is 0.0178. The number of esters is 2. The van der Waals surface area contributed by atoms with Crippen molar-refractivity contribution in [3.8, 4) is 0 Å². The number of hydrogen-bond acceptors (Lipinski definition) is 17. The molecular weight excluding hydrogens is 920 g/mol. The first kappa shape index (κ1) is 63.8. The molecule has 0 bridgehead atoms. The molecule has 0 aromatic rings. The Morgan fingerprint density at radius 1 is 0.536 bits per heavy atom. The molecule has 2 unspecified atom stereocenters. The number of aliphatic hydroxyl groups is 8. The minimum absolute atomic E-state index is 0.0370. The summed E-state index contributed by atoms with van der Waals surface area (Å²) in [6.45, 7) is 4.58. The van der Waals surface area contributed by atoms with Gasteiger partial charge in [-0.15, -0.1) is 0 Å². The summed E-state index contributed by atoms with van der Waals surface area (Å²) < 4.78 is 45.6. The first-order valence-electron chi connectivity index (χ1n) is 26.8. The number of unbranched alkanes of at least 4 members (excludes halogenated alkanes) is 22. The summed E-state index contributed by atoms with van der Waals surface area (Å²) in [7, 11) is -5.37. The summed E-state index contributed by atoms with van der Waals surface area (Å²) >= 11 is 0. The SMILES string of the molecule is CCCCCCCCCCCCCCCC(=O)OC[C@H](COP(=O)(O)O[C@H]1[C@H](O)[C@@H](O)[C@H](O)[C@@H](O)[C@H]1O[C@H]1O[C@H](CO)[C@@H](O)[C@H](O)[C@@H]1O)OC(=O)CCCCCCCCC(C)CCCCCCCC. The lowest BCUT2D eigenvalue weighted by Gasteiger charge is -2.47. The second-order valence-corrected chi connectivity index (χ2v) is 21.1. The number of phosphoric ester groups is 1. The van der Waals surface area contributed by atoms with E-state index in [0.29, 0.717) is 12.8 Å². The zero-order valence-corrected chi connectivity index (χ0v) is 43.2. The Hall–Kier alpha value is -1.35. The van der Waals surface area contributed by atoms with E-state index in [4.69, 9.17) is 28.0 Å². The lowest BCUT2D eigenvalue weighted by Crippen LogP contribution is -2.67. The zero-order valence-electron chi connectivity index (χ0n) is 42.3. The van der Waals surface area contributed by atoms with Crippen LogP contribution in [-0.4, -0.2) is 151 Å². The van der Waals surface area contributed by atoms with Crippen LogP contribution in [0.3, 0.4) is 0 Å². The molecule has 0 spiro atoms. The lowest BCUT2D eigenvalue weighted by atomic mass is 9.84. The largest absolute Gasteiger partial charge is 0.472 e. The minimum atomic E-state index is -5.37. The highest BCUT2D eigenvalue weighted by molar-refractivity contribution is 7.47. The van der Waals surface area contributed by atoms with Crippen molar-refractivity contribution in [3.63, 3.8) is 0 Å². The Kier molecular flexibility index (Phi) is 34.6. The zero-order chi connectivity index (χ0) is 51.0. The molecule has 1 saturated heterocycles. The molecule has 2 fully saturated rings. The highest BCUT2D eigenvalue weighted by atomic mass is 31.2. The standard InChI is InChI=1S/C50H95O18P/c1-4-6-8-10-12-13-14-15-16-17-18-23-27-31-39(52)63-34-37(65-40(53)32-28-24-20-19-22-26-30-36(3)29-25-21-11-9-7-5-2)35-64-69(61,62)68-49-46(59)44(57)43(56)45(58)48(49)67-50-47(60)42(55)41(54)38(33-51)66-50/h36-38,41-51,54-60H,4-35H2,1-3H3,(H,61,62)/t36?,37-,38-,41-,42+,43+,44+,45-,46-,47+,48-,49+,50-/m1/s1. The fourth-order valence-electron chi connectivity index (χ4n) is 8.95. The summed E-state index contributed by atoms with van der Waals surface area (Å²) in [6.07, 6.45) is 7.53. The van der Waals surface area contributed by atoms with Crippen LogP contribution in [0.2, 0.25) is 0 Å². The van der Waals surface area contributed by atoms with Crippen molar-refractivity contribution in [2.75, 3.05) is 19.8 Å². The maximum atomic E-state index is 13.4. The van der Waals surface area contributed by atoms with Gasteiger partial charge in [0.05, 0.1) is 13.2 Å². The summed E-state index contributed by atoms with van der Waals surface area (Å²) in [5.41, 5.74) is 0. The molecule has 18 nitrogen and oxygen atoms in total. The normalized spacial score (nSPS) is 28.0. The van der Waals surface area contributed by atoms with Gasteiger partial charge >= 0.3 is 19.8 Å². The summed E-state index contributed by atoms with van der Waals surface area (Å²) in [5, 5.41) is 83.0. The Labute approximate surface area is 412 Å². The number of rotatable bonds is 41. The van der Waals surface area contributed by atoms with Crippen LogP contribution < -0.4 is 0 Å². The molecule has 1 saturated carbocycles. The van der Waals surface area contributed by atoms with E-state index < -0.39 is 113 Å². The highest BCUT2D eigenvalue weighted by Gasteiger charge is 2.55. The Morgan fingerprint density at radius 3 is 1.43 bits per heavy atom. The van der Waals surface area contributed by atoms with Crippen molar-refractivity contribution in [2.45, 2.75) is 280 Å². The first-order valence-corrected chi connectivity index (χ1v) is 28.2. The van der Waals surface area contributed by atoms with Crippen LogP contribution >= 0.6 is 7.82 Å². The average Bonchev–Trinajstić information content (AvgIpc) is 3.32. The molecule has 1 heterocycles. The Morgan fingerprint density at radius 2 is 0.957 bits per heavy atom. The minimum Gasteiger partial charge on any atom is -0.462 e. The van der Waals surface area contributed by atoms with Gasteiger partial charge in [0.15, 0.2) is 12.4 Å². The molecule has 14 atom stereocenters. The van der Waals surface area contributed by atoms with Crippen molar-refractivity contribution in [2.24, 2.45) is 5.92 Å². The highest BCUT2D eigenvalue weighted by Crippen LogP contribution is 2.48. The fraction of sp³-hybridized carbons (Fsp3) is 0.960. The van der Waals surface area contributed by atoms with Crippen molar-refractivity contribution in [1.29, 1.82) is 0 Å². The topological polar surface area (TPSA) is 289 Å². The van der Waals surface area contributed by atoms with Gasteiger partial charge in [0, 0.05) is 12.8 Å². The van der Waals surface area contributed by atoms with Crippen LogP contribution in [0.4, 0.5) is 0 Å². The second kappa shape index (κ2) is 37.4. The van der Waals surface area contributed by atoms with Gasteiger partial charge in [-0.3, -0.25) is 18.6 Å². The van der Waals surface area contributed by atoms with Crippen LogP contribution in [0.1, 0.15) is 207 Å². The van der Waals surface area contributed by atoms with E-state index in [-0.39, 0.29) is 12.8 Å². The van der Waals surface area contributed by atoms with Crippen LogP contribution in [0, 0.1) is 5.92 Å². The lowest BCUT2D eigenvalue weighted by molar-refractivity contribution is -0.338. The van der Waals surface area contributed by atoms with E-state index in [9.17, 15) is 59.9 Å². The molecular formula is C50H95O18P. The summed E-state index contributed by atoms with van der Waals surface area (Å²) in [4.78, 5) is 36.6.